The van der Waals surface area contributed by atoms with Gasteiger partial charge in [0.15, 0.2) is 5.58 Å². The van der Waals surface area contributed by atoms with Crippen LogP contribution in [0.25, 0.3) is 11.0 Å². The second-order valence-electron chi connectivity index (χ2n) is 10.5. The van der Waals surface area contributed by atoms with Gasteiger partial charge < -0.3 is 28.3 Å². The SMILES string of the molecule is COc1ccc(C(=O)Oc2ccc3c(=O)c(Oc4cc(C)cc(C)c4C)c(C(F)(F)F)oc3c2C[NH+]2CCOCC2)cc1. The van der Waals surface area contributed by atoms with Gasteiger partial charge in [0.2, 0.25) is 11.2 Å². The maximum Gasteiger partial charge on any atom is 0.453 e. The van der Waals surface area contributed by atoms with Crippen molar-refractivity contribution in [1.29, 1.82) is 0 Å². The lowest BCUT2D eigenvalue weighted by Crippen LogP contribution is -3.12. The van der Waals surface area contributed by atoms with Gasteiger partial charge in [0, 0.05) is 0 Å². The molecule has 8 nitrogen and oxygen atoms in total. The molecule has 43 heavy (non-hydrogen) atoms. The van der Waals surface area contributed by atoms with Crippen molar-refractivity contribution in [2.45, 2.75) is 33.5 Å². The molecule has 1 N–H and O–H groups in total. The molecule has 5 rings (SSSR count). The highest BCUT2D eigenvalue weighted by molar-refractivity contribution is 5.92. The van der Waals surface area contributed by atoms with Crippen molar-refractivity contribution in [2.24, 2.45) is 0 Å². The van der Waals surface area contributed by atoms with Crippen molar-refractivity contribution >= 4 is 16.9 Å². The number of carbonyl (C=O) groups excluding carboxylic acids is 1. The van der Waals surface area contributed by atoms with E-state index in [2.05, 4.69) is 0 Å². The fourth-order valence-electron chi connectivity index (χ4n) is 5.01. The predicted octanol–water partition coefficient (Wildman–Crippen LogP) is 5.17. The number of fused-ring (bicyclic) bond motifs is 1. The second kappa shape index (κ2) is 12.1. The van der Waals surface area contributed by atoms with Crippen LogP contribution >= 0.6 is 0 Å². The summed E-state index contributed by atoms with van der Waals surface area (Å²) in [7, 11) is 1.49. The Morgan fingerprint density at radius 3 is 2.33 bits per heavy atom. The lowest BCUT2D eigenvalue weighted by Gasteiger charge is -2.25. The van der Waals surface area contributed by atoms with Crippen LogP contribution < -0.4 is 24.5 Å². The van der Waals surface area contributed by atoms with Gasteiger partial charge in [-0.2, -0.15) is 13.2 Å². The minimum Gasteiger partial charge on any atom is -0.497 e. The molecule has 226 valence electrons. The van der Waals surface area contributed by atoms with E-state index in [0.717, 1.165) is 16.0 Å². The van der Waals surface area contributed by atoms with E-state index in [0.29, 0.717) is 37.6 Å². The zero-order valence-corrected chi connectivity index (χ0v) is 24.1. The number of aryl methyl sites for hydroxylation is 2. The molecular weight excluding hydrogens is 567 g/mol. The van der Waals surface area contributed by atoms with Gasteiger partial charge in [0.25, 0.3) is 5.76 Å². The van der Waals surface area contributed by atoms with E-state index < -0.39 is 29.1 Å². The number of nitrogens with one attached hydrogen (secondary N) is 1. The summed E-state index contributed by atoms with van der Waals surface area (Å²) < 4.78 is 70.9. The number of morpholine rings is 1. The van der Waals surface area contributed by atoms with E-state index in [1.807, 2.05) is 6.07 Å². The minimum absolute atomic E-state index is 0.0117. The van der Waals surface area contributed by atoms with E-state index >= 15 is 0 Å². The molecule has 1 aromatic heterocycles. The Morgan fingerprint density at radius 1 is 0.977 bits per heavy atom. The number of hydrogen-bond acceptors (Lipinski definition) is 7. The van der Waals surface area contributed by atoms with E-state index in [-0.39, 0.29) is 40.1 Å². The number of quaternary nitrogens is 1. The normalized spacial score (nSPS) is 14.1. The molecule has 1 aliphatic rings. The maximum atomic E-state index is 14.5. The Morgan fingerprint density at radius 2 is 1.67 bits per heavy atom. The number of carbonyl (C=O) groups is 1. The van der Waals surface area contributed by atoms with Crippen molar-refractivity contribution in [3.8, 4) is 23.0 Å². The first-order chi connectivity index (χ1) is 20.5. The summed E-state index contributed by atoms with van der Waals surface area (Å²) in [5, 5.41) is -0.128. The monoisotopic (exact) mass is 598 g/mol. The third kappa shape index (κ3) is 6.37. The van der Waals surface area contributed by atoms with Crippen molar-refractivity contribution in [2.75, 3.05) is 33.4 Å². The van der Waals surface area contributed by atoms with E-state index in [1.54, 1.807) is 39.0 Å². The molecule has 0 aliphatic carbocycles. The summed E-state index contributed by atoms with van der Waals surface area (Å²) in [6, 6.07) is 12.3. The Bertz CT molecular complexity index is 1720. The Labute approximate surface area is 245 Å². The van der Waals surface area contributed by atoms with Crippen LogP contribution in [0.2, 0.25) is 0 Å². The lowest BCUT2D eigenvalue weighted by molar-refractivity contribution is -0.921. The van der Waals surface area contributed by atoms with Crippen LogP contribution in [-0.2, 0) is 17.5 Å². The number of ether oxygens (including phenoxy) is 4. The Hall–Kier alpha value is -4.35. The van der Waals surface area contributed by atoms with E-state index in [9.17, 15) is 22.8 Å². The van der Waals surface area contributed by atoms with Crippen LogP contribution in [0.5, 0.6) is 23.0 Å². The van der Waals surface area contributed by atoms with Gasteiger partial charge in [-0.3, -0.25) is 4.79 Å². The van der Waals surface area contributed by atoms with Gasteiger partial charge in [-0.1, -0.05) is 6.07 Å². The highest BCUT2D eigenvalue weighted by atomic mass is 19.4. The van der Waals surface area contributed by atoms with Gasteiger partial charge in [-0.15, -0.1) is 0 Å². The molecule has 0 saturated carbocycles. The predicted molar refractivity (Wildman–Crippen MR) is 151 cm³/mol. The van der Waals surface area contributed by atoms with Crippen LogP contribution in [0.3, 0.4) is 0 Å². The summed E-state index contributed by atoms with van der Waals surface area (Å²) in [4.78, 5) is 27.7. The van der Waals surface area contributed by atoms with Crippen LogP contribution in [-0.4, -0.2) is 39.4 Å². The average molecular weight is 599 g/mol. The van der Waals surface area contributed by atoms with Gasteiger partial charge in [0.05, 0.1) is 36.8 Å². The second-order valence-corrected chi connectivity index (χ2v) is 10.5. The van der Waals surface area contributed by atoms with E-state index in [4.69, 9.17) is 23.4 Å². The Balaban J connectivity index is 1.66. The summed E-state index contributed by atoms with van der Waals surface area (Å²) in [6.45, 7) is 7.44. The lowest BCUT2D eigenvalue weighted by atomic mass is 10.1. The molecule has 0 amide bonds. The molecule has 0 bridgehead atoms. The fraction of sp³-hybridized carbons (Fsp3) is 0.312. The molecule has 1 saturated heterocycles. The quantitative estimate of drug-likeness (QED) is 0.232. The fourth-order valence-corrected chi connectivity index (χ4v) is 5.01. The number of esters is 1. The highest BCUT2D eigenvalue weighted by Gasteiger charge is 2.41. The van der Waals surface area contributed by atoms with Crippen molar-refractivity contribution in [3.05, 3.63) is 92.3 Å². The number of alkyl halides is 3. The zero-order chi connectivity index (χ0) is 30.9. The highest BCUT2D eigenvalue weighted by Crippen LogP contribution is 2.41. The number of methoxy groups -OCH3 is 1. The molecule has 4 aromatic rings. The minimum atomic E-state index is -5.06. The van der Waals surface area contributed by atoms with Crippen molar-refractivity contribution in [3.63, 3.8) is 0 Å². The summed E-state index contributed by atoms with van der Waals surface area (Å²) in [5.74, 6) is -2.61. The molecule has 0 atom stereocenters. The molecule has 0 spiro atoms. The molecule has 1 aliphatic heterocycles. The van der Waals surface area contributed by atoms with Crippen molar-refractivity contribution < 1.29 is 46.2 Å². The number of rotatable bonds is 7. The Kier molecular flexibility index (Phi) is 8.48. The molecular formula is C32H31F3NO7+. The van der Waals surface area contributed by atoms with Gasteiger partial charge in [-0.25, -0.2) is 4.79 Å². The average Bonchev–Trinajstić information content (AvgIpc) is 2.98. The zero-order valence-electron chi connectivity index (χ0n) is 24.1. The summed E-state index contributed by atoms with van der Waals surface area (Å²) >= 11 is 0. The molecule has 2 heterocycles. The molecule has 11 heteroatoms. The largest absolute Gasteiger partial charge is 0.497 e. The van der Waals surface area contributed by atoms with Gasteiger partial charge >= 0.3 is 12.1 Å². The van der Waals surface area contributed by atoms with Crippen LogP contribution in [0.15, 0.2) is 57.7 Å². The topological polar surface area (TPSA) is 88.6 Å². The number of hydrogen-bond donors (Lipinski definition) is 1. The first-order valence-corrected chi connectivity index (χ1v) is 13.7. The van der Waals surface area contributed by atoms with E-state index in [1.165, 1.54) is 31.4 Å². The molecule has 3 aromatic carbocycles. The first-order valence-electron chi connectivity index (χ1n) is 13.7. The molecule has 1 fully saturated rings. The van der Waals surface area contributed by atoms with Crippen LogP contribution in [0.1, 0.15) is 38.4 Å². The third-order valence-electron chi connectivity index (χ3n) is 7.47. The van der Waals surface area contributed by atoms with Gasteiger partial charge in [0.1, 0.15) is 36.9 Å². The van der Waals surface area contributed by atoms with Crippen LogP contribution in [0.4, 0.5) is 13.2 Å². The first kappa shape index (κ1) is 30.1. The molecule has 0 unspecified atom stereocenters. The number of benzene rings is 3. The standard InChI is InChI=1S/C32H30F3NO7/c1-18-15-19(2)20(3)26(16-18)41-29-27(37)23-9-10-25(42-31(38)21-5-7-22(39-4)8-6-21)24(17-36-11-13-40-14-12-36)28(23)43-30(29)32(33,34)35/h5-10,15-16H,11-14,17H2,1-4H3/p+1. The van der Waals surface area contributed by atoms with Crippen molar-refractivity contribution in [1.82, 2.24) is 0 Å². The maximum absolute atomic E-state index is 14.5. The van der Waals surface area contributed by atoms with Crippen LogP contribution in [0, 0.1) is 20.8 Å². The summed E-state index contributed by atoms with van der Waals surface area (Å²) in [5.41, 5.74) is 1.21. The summed E-state index contributed by atoms with van der Waals surface area (Å²) in [6.07, 6.45) is -5.06. The van der Waals surface area contributed by atoms with Gasteiger partial charge in [-0.05, 0) is 79.9 Å². The number of halogens is 3. The smallest absolute Gasteiger partial charge is 0.453 e. The third-order valence-corrected chi connectivity index (χ3v) is 7.47. The molecule has 0 radical (unpaired) electrons.